The van der Waals surface area contributed by atoms with Gasteiger partial charge in [-0.1, -0.05) is 6.07 Å². The van der Waals surface area contributed by atoms with Gasteiger partial charge in [-0.05, 0) is 39.8 Å². The number of hydrogen-bond donors (Lipinski definition) is 0. The van der Waals surface area contributed by atoms with Crippen LogP contribution in [0.5, 0.6) is 0 Å². The summed E-state index contributed by atoms with van der Waals surface area (Å²) in [4.78, 5) is 3.78. The second-order valence-corrected chi connectivity index (χ2v) is 3.73. The van der Waals surface area contributed by atoms with Crippen LogP contribution in [0.1, 0.15) is 27.7 Å². The number of rotatable bonds is 2. The molecule has 0 aliphatic heterocycles. The van der Waals surface area contributed by atoms with Crippen molar-refractivity contribution in [3.8, 4) is 0 Å². The van der Waals surface area contributed by atoms with Gasteiger partial charge in [0, 0.05) is 52.0 Å². The van der Waals surface area contributed by atoms with Crippen molar-refractivity contribution < 1.29 is 16.8 Å². The Hall–Kier alpha value is -2.46. The van der Waals surface area contributed by atoms with Gasteiger partial charge in [-0.25, -0.2) is 0 Å². The van der Waals surface area contributed by atoms with Crippen molar-refractivity contribution in [2.45, 2.75) is 27.7 Å². The summed E-state index contributed by atoms with van der Waals surface area (Å²) in [5.41, 5.74) is 0.556. The van der Waals surface area contributed by atoms with Gasteiger partial charge >= 0.3 is 0 Å². The van der Waals surface area contributed by atoms with E-state index in [1.807, 2.05) is 18.2 Å². The molecule has 0 bridgehead atoms. The fourth-order valence-corrected chi connectivity index (χ4v) is 0.577. The molecular formula is C14H20CoN5O4-5. The van der Waals surface area contributed by atoms with E-state index >= 15 is 0 Å². The molecule has 0 atom stereocenters. The van der Waals surface area contributed by atoms with Crippen molar-refractivity contribution in [3.63, 3.8) is 0 Å². The normalized spacial score (nSPS) is 11.5. The Balaban J connectivity index is -0.000000121. The average Bonchev–Trinajstić information content (AvgIpc) is 2.61. The van der Waals surface area contributed by atoms with E-state index in [9.17, 15) is 20.8 Å². The summed E-state index contributed by atoms with van der Waals surface area (Å²) in [6.45, 7) is 5.74. The SMILES string of the molecule is CC(=N[O-])C(C)=N[O-].CC(=N[O-])C(C)=N[O-].[CH3-].[Co].c1ccncc1. The van der Waals surface area contributed by atoms with Gasteiger partial charge in [-0.15, -0.1) is 0 Å². The number of nitrogens with zero attached hydrogens (tertiary/aromatic N) is 5. The van der Waals surface area contributed by atoms with Gasteiger partial charge in [0.25, 0.3) is 0 Å². The molecular weight excluding hydrogens is 361 g/mol. The van der Waals surface area contributed by atoms with Crippen LogP contribution < -0.4 is 0 Å². The van der Waals surface area contributed by atoms with Gasteiger partial charge in [0.1, 0.15) is 0 Å². The maximum Gasteiger partial charge on any atom is 0.0465 e. The molecule has 0 spiro atoms. The molecule has 0 N–H and O–H groups in total. The second kappa shape index (κ2) is 20.5. The minimum Gasteiger partial charge on any atom is -0.792 e. The maximum atomic E-state index is 9.60. The Labute approximate surface area is 152 Å². The number of aromatic nitrogens is 1. The molecule has 1 radical (unpaired) electrons. The Morgan fingerprint density at radius 1 is 0.625 bits per heavy atom. The molecule has 0 saturated heterocycles. The Kier molecular flexibility index (Phi) is 25.3. The summed E-state index contributed by atoms with van der Waals surface area (Å²) in [6.07, 6.45) is 3.50. The fraction of sp³-hybridized carbons (Fsp3) is 0.286. The Bertz CT molecular complexity index is 428. The molecule has 0 aliphatic carbocycles. The Morgan fingerprint density at radius 2 is 0.875 bits per heavy atom. The molecule has 0 unspecified atom stereocenters. The topological polar surface area (TPSA) is 155 Å². The zero-order valence-corrected chi connectivity index (χ0v) is 15.1. The number of hydrogen-bond acceptors (Lipinski definition) is 9. The van der Waals surface area contributed by atoms with E-state index in [2.05, 4.69) is 25.6 Å². The minimum atomic E-state index is 0. The molecule has 9 nitrogen and oxygen atoms in total. The predicted molar refractivity (Wildman–Crippen MR) is 96.6 cm³/mol. The fourth-order valence-electron chi connectivity index (χ4n) is 0.577. The van der Waals surface area contributed by atoms with Crippen LogP contribution in [0.3, 0.4) is 0 Å². The van der Waals surface area contributed by atoms with Crippen LogP contribution in [-0.4, -0.2) is 27.8 Å². The van der Waals surface area contributed by atoms with E-state index < -0.39 is 0 Å². The second-order valence-electron chi connectivity index (χ2n) is 3.73. The van der Waals surface area contributed by atoms with E-state index in [-0.39, 0.29) is 47.1 Å². The molecule has 1 rings (SSSR count). The van der Waals surface area contributed by atoms with E-state index in [0.717, 1.165) is 0 Å². The van der Waals surface area contributed by atoms with E-state index in [4.69, 9.17) is 0 Å². The van der Waals surface area contributed by atoms with Crippen LogP contribution in [0.4, 0.5) is 0 Å². The van der Waals surface area contributed by atoms with Crippen LogP contribution in [0, 0.1) is 28.3 Å². The monoisotopic (exact) mass is 381 g/mol. The van der Waals surface area contributed by atoms with E-state index in [1.54, 1.807) is 12.4 Å². The van der Waals surface area contributed by atoms with Gasteiger partial charge in [-0.2, -0.15) is 0 Å². The maximum absolute atomic E-state index is 9.60. The van der Waals surface area contributed by atoms with Crippen molar-refractivity contribution in [2.75, 3.05) is 0 Å². The van der Waals surface area contributed by atoms with Crippen LogP contribution in [-0.2, 0) is 16.8 Å². The smallest absolute Gasteiger partial charge is 0.0465 e. The quantitative estimate of drug-likeness (QED) is 0.436. The third-order valence-electron chi connectivity index (χ3n) is 2.16. The molecule has 0 amide bonds. The van der Waals surface area contributed by atoms with Crippen LogP contribution in [0.2, 0.25) is 0 Å². The standard InChI is InChI=1S/C5H5N.2C4H8N2O2.CH3.Co/c1-2-4-6-5-3-1;2*1-3(5-7)4(2)6-8;;/h1-5H;2*7-8H,1-2H3;1H3;/q;;;-1;/p-4. The molecule has 0 aromatic carbocycles. The predicted octanol–water partition coefficient (Wildman–Crippen LogP) is 3.34. The van der Waals surface area contributed by atoms with Crippen molar-refractivity contribution >= 4 is 22.8 Å². The van der Waals surface area contributed by atoms with Crippen molar-refractivity contribution in [1.29, 1.82) is 0 Å². The minimum absolute atomic E-state index is 0. The summed E-state index contributed by atoms with van der Waals surface area (Å²) in [5, 5.41) is 48.4. The third-order valence-corrected chi connectivity index (χ3v) is 2.16. The largest absolute Gasteiger partial charge is 0.792 e. The molecule has 24 heavy (non-hydrogen) atoms. The summed E-state index contributed by atoms with van der Waals surface area (Å²) in [6, 6.07) is 5.72. The van der Waals surface area contributed by atoms with Crippen molar-refractivity contribution in [3.05, 3.63) is 58.8 Å². The van der Waals surface area contributed by atoms with Gasteiger partial charge < -0.3 is 48.9 Å². The molecule has 1 aromatic heterocycles. The van der Waals surface area contributed by atoms with Gasteiger partial charge in [0.05, 0.1) is 0 Å². The zero-order valence-electron chi connectivity index (χ0n) is 14.1. The number of pyridine rings is 1. The van der Waals surface area contributed by atoms with Gasteiger partial charge in [0.2, 0.25) is 0 Å². The molecule has 139 valence electrons. The van der Waals surface area contributed by atoms with Gasteiger partial charge in [0.15, 0.2) is 0 Å². The first-order valence-corrected chi connectivity index (χ1v) is 5.97. The first-order chi connectivity index (χ1) is 10.4. The van der Waals surface area contributed by atoms with Crippen molar-refractivity contribution in [2.24, 2.45) is 20.6 Å². The first-order valence-electron chi connectivity index (χ1n) is 5.97. The Morgan fingerprint density at radius 3 is 0.958 bits per heavy atom. The molecule has 10 heteroatoms. The summed E-state index contributed by atoms with van der Waals surface area (Å²) >= 11 is 0. The molecule has 0 aliphatic rings. The molecule has 0 saturated carbocycles. The third kappa shape index (κ3) is 17.6. The molecule has 1 aromatic rings. The van der Waals surface area contributed by atoms with Crippen molar-refractivity contribution in [1.82, 2.24) is 4.98 Å². The molecule has 0 fully saturated rings. The first kappa shape index (κ1) is 29.5. The zero-order chi connectivity index (χ0) is 17.4. The van der Waals surface area contributed by atoms with Crippen LogP contribution in [0.25, 0.3) is 0 Å². The van der Waals surface area contributed by atoms with Crippen LogP contribution >= 0.6 is 0 Å². The van der Waals surface area contributed by atoms with Crippen LogP contribution in [0.15, 0.2) is 51.2 Å². The van der Waals surface area contributed by atoms with Gasteiger partial charge in [-0.3, -0.25) is 4.98 Å². The van der Waals surface area contributed by atoms with E-state index in [1.165, 1.54) is 27.7 Å². The summed E-state index contributed by atoms with van der Waals surface area (Å²) in [7, 11) is 0. The summed E-state index contributed by atoms with van der Waals surface area (Å²) in [5.74, 6) is 0. The molecule has 1 heterocycles. The van der Waals surface area contributed by atoms with E-state index in [0.29, 0.717) is 0 Å². The summed E-state index contributed by atoms with van der Waals surface area (Å²) < 4.78 is 0. The average molecular weight is 381 g/mol.